The molecule has 34 heavy (non-hydrogen) atoms. The molecule has 0 spiro atoms. The lowest BCUT2D eigenvalue weighted by Gasteiger charge is -2.23. The van der Waals surface area contributed by atoms with Crippen LogP contribution in [0.4, 0.5) is 18.9 Å². The number of aromatic nitrogens is 2. The zero-order valence-corrected chi connectivity index (χ0v) is 19.0. The highest BCUT2D eigenvalue weighted by Crippen LogP contribution is 2.29. The molecule has 0 bridgehead atoms. The number of halogens is 4. The fourth-order valence-electron chi connectivity index (χ4n) is 3.68. The number of carbonyl (C=O) groups is 1. The van der Waals surface area contributed by atoms with Gasteiger partial charge < -0.3 is 15.4 Å². The van der Waals surface area contributed by atoms with Gasteiger partial charge in [-0.15, -0.1) is 12.4 Å². The molecule has 2 aromatic heterocycles. The maximum Gasteiger partial charge on any atom is 0.274 e. The third-order valence-corrected chi connectivity index (χ3v) is 5.37. The van der Waals surface area contributed by atoms with Crippen LogP contribution in [0.1, 0.15) is 36.2 Å². The zero-order chi connectivity index (χ0) is 23.2. The van der Waals surface area contributed by atoms with Gasteiger partial charge in [0, 0.05) is 12.3 Å². The molecule has 3 heterocycles. The highest BCUT2D eigenvalue weighted by atomic mass is 35.5. The van der Waals surface area contributed by atoms with Gasteiger partial charge in [0.25, 0.3) is 5.91 Å². The van der Waals surface area contributed by atoms with E-state index < -0.39 is 34.6 Å². The van der Waals surface area contributed by atoms with Crippen molar-refractivity contribution in [2.24, 2.45) is 0 Å². The molecule has 1 aliphatic rings. The van der Waals surface area contributed by atoms with Crippen molar-refractivity contribution >= 4 is 24.0 Å². The van der Waals surface area contributed by atoms with Crippen LogP contribution in [0.3, 0.4) is 0 Å². The van der Waals surface area contributed by atoms with Crippen molar-refractivity contribution in [1.29, 1.82) is 0 Å². The molecular formula is C24H24ClF3N4O2. The average Bonchev–Trinajstić information content (AvgIpc) is 2.77. The number of nitrogens with one attached hydrogen (secondary N) is 2. The fourth-order valence-corrected chi connectivity index (χ4v) is 3.68. The first-order chi connectivity index (χ1) is 16.0. The summed E-state index contributed by atoms with van der Waals surface area (Å²) in [5.41, 5.74) is -1.10. The Morgan fingerprint density at radius 2 is 1.79 bits per heavy atom. The Kier molecular flexibility index (Phi) is 8.84. The largest absolute Gasteiger partial charge is 0.488 e. The van der Waals surface area contributed by atoms with Crippen molar-refractivity contribution in [2.45, 2.75) is 31.8 Å². The van der Waals surface area contributed by atoms with Crippen LogP contribution in [0.5, 0.6) is 5.75 Å². The Bertz CT molecular complexity index is 1120. The van der Waals surface area contributed by atoms with Crippen LogP contribution in [0.2, 0.25) is 0 Å². The standard InChI is InChI=1S/C24H23F3N4O2.ClH/c25-16-5-3-6-17(26)22(16)23-18(27)7-8-19(30-23)24(32)31-20-14-29-13-10-21(20)33-15-4-1-2-11-28-12-9-15;/h3,5-8,10,13-15,28H,1-2,4,9,11-12H2,(H,31,32);1H. The van der Waals surface area contributed by atoms with Crippen molar-refractivity contribution in [3.8, 4) is 17.0 Å². The van der Waals surface area contributed by atoms with Gasteiger partial charge in [0.1, 0.15) is 46.4 Å². The first-order valence-electron chi connectivity index (χ1n) is 10.8. The quantitative estimate of drug-likeness (QED) is 0.515. The molecule has 1 saturated heterocycles. The van der Waals surface area contributed by atoms with E-state index in [1.54, 1.807) is 12.3 Å². The number of ether oxygens (including phenoxy) is 1. The predicted molar refractivity (Wildman–Crippen MR) is 125 cm³/mol. The number of pyridine rings is 2. The second kappa shape index (κ2) is 11.8. The van der Waals surface area contributed by atoms with Crippen molar-refractivity contribution in [3.05, 3.63) is 71.9 Å². The van der Waals surface area contributed by atoms with E-state index in [1.807, 2.05) is 0 Å². The number of nitrogens with zero attached hydrogens (tertiary/aromatic N) is 2. The van der Waals surface area contributed by atoms with E-state index in [0.717, 1.165) is 63.0 Å². The molecule has 1 fully saturated rings. The number of carbonyl (C=O) groups excluding carboxylic acids is 1. The second-order valence-electron chi connectivity index (χ2n) is 7.72. The van der Waals surface area contributed by atoms with Gasteiger partial charge in [-0.3, -0.25) is 9.78 Å². The van der Waals surface area contributed by atoms with E-state index >= 15 is 0 Å². The molecule has 1 amide bonds. The van der Waals surface area contributed by atoms with Crippen LogP contribution in [0, 0.1) is 17.5 Å². The van der Waals surface area contributed by atoms with Crippen LogP contribution >= 0.6 is 12.4 Å². The third kappa shape index (κ3) is 6.03. The van der Waals surface area contributed by atoms with Gasteiger partial charge in [-0.05, 0) is 63.0 Å². The van der Waals surface area contributed by atoms with E-state index in [0.29, 0.717) is 11.4 Å². The fraction of sp³-hybridized carbons (Fsp3) is 0.292. The summed E-state index contributed by atoms with van der Waals surface area (Å²) >= 11 is 0. The molecule has 0 radical (unpaired) electrons. The summed E-state index contributed by atoms with van der Waals surface area (Å²) < 4.78 is 48.8. The molecule has 1 aliphatic heterocycles. The minimum Gasteiger partial charge on any atom is -0.488 e. The second-order valence-corrected chi connectivity index (χ2v) is 7.72. The monoisotopic (exact) mass is 492 g/mol. The van der Waals surface area contributed by atoms with Gasteiger partial charge in [0.15, 0.2) is 0 Å². The summed E-state index contributed by atoms with van der Waals surface area (Å²) in [5.74, 6) is -3.14. The van der Waals surface area contributed by atoms with Gasteiger partial charge in [0.05, 0.1) is 11.8 Å². The highest BCUT2D eigenvalue weighted by Gasteiger charge is 2.21. The lowest BCUT2D eigenvalue weighted by molar-refractivity contribution is 0.102. The molecule has 6 nitrogen and oxygen atoms in total. The van der Waals surface area contributed by atoms with E-state index in [9.17, 15) is 18.0 Å². The van der Waals surface area contributed by atoms with E-state index in [2.05, 4.69) is 20.6 Å². The summed E-state index contributed by atoms with van der Waals surface area (Å²) in [6.45, 7) is 1.83. The van der Waals surface area contributed by atoms with Crippen LogP contribution in [0.15, 0.2) is 48.8 Å². The SMILES string of the molecule is Cl.O=C(Nc1cnccc1OC1CCCCNCC1)c1ccc(F)c(-c2c(F)cccc2F)n1. The van der Waals surface area contributed by atoms with Crippen LogP contribution in [-0.2, 0) is 0 Å². The molecule has 2 N–H and O–H groups in total. The maximum atomic E-state index is 14.3. The average molecular weight is 493 g/mol. The summed E-state index contributed by atoms with van der Waals surface area (Å²) in [7, 11) is 0. The Hall–Kier alpha value is -3.17. The lowest BCUT2D eigenvalue weighted by Crippen LogP contribution is -2.28. The maximum absolute atomic E-state index is 14.3. The predicted octanol–water partition coefficient (Wildman–Crippen LogP) is 5.15. The number of benzene rings is 1. The molecule has 0 saturated carbocycles. The van der Waals surface area contributed by atoms with Crippen LogP contribution in [-0.4, -0.2) is 35.1 Å². The van der Waals surface area contributed by atoms with Crippen molar-refractivity contribution in [1.82, 2.24) is 15.3 Å². The minimum absolute atomic E-state index is 0. The van der Waals surface area contributed by atoms with Crippen molar-refractivity contribution in [2.75, 3.05) is 18.4 Å². The summed E-state index contributed by atoms with van der Waals surface area (Å²) in [5, 5.41) is 6.01. The van der Waals surface area contributed by atoms with Crippen molar-refractivity contribution < 1.29 is 22.7 Å². The summed E-state index contributed by atoms with van der Waals surface area (Å²) in [4.78, 5) is 20.8. The number of anilines is 1. The first kappa shape index (κ1) is 25.5. The lowest BCUT2D eigenvalue weighted by atomic mass is 10.1. The van der Waals surface area contributed by atoms with E-state index in [1.165, 1.54) is 12.3 Å². The van der Waals surface area contributed by atoms with Gasteiger partial charge in [-0.1, -0.05) is 6.07 Å². The van der Waals surface area contributed by atoms with E-state index in [-0.39, 0.29) is 24.2 Å². The summed E-state index contributed by atoms with van der Waals surface area (Å²) in [6, 6.07) is 6.90. The minimum atomic E-state index is -0.976. The van der Waals surface area contributed by atoms with E-state index in [4.69, 9.17) is 4.74 Å². The number of rotatable bonds is 5. The molecule has 10 heteroatoms. The number of hydrogen-bond donors (Lipinski definition) is 2. The molecule has 1 atom stereocenters. The van der Waals surface area contributed by atoms with Crippen LogP contribution < -0.4 is 15.4 Å². The molecule has 1 aromatic carbocycles. The van der Waals surface area contributed by atoms with Gasteiger partial charge in [-0.2, -0.15) is 0 Å². The van der Waals surface area contributed by atoms with Gasteiger partial charge in [0.2, 0.25) is 0 Å². The Balaban J connectivity index is 0.00000324. The Labute approximate surface area is 201 Å². The number of amides is 1. The van der Waals surface area contributed by atoms with Crippen molar-refractivity contribution in [3.63, 3.8) is 0 Å². The topological polar surface area (TPSA) is 76.1 Å². The van der Waals surface area contributed by atoms with Crippen LogP contribution in [0.25, 0.3) is 11.3 Å². The highest BCUT2D eigenvalue weighted by molar-refractivity contribution is 6.03. The Morgan fingerprint density at radius 3 is 2.59 bits per heavy atom. The molecule has 3 aromatic rings. The molecule has 180 valence electrons. The molecule has 0 aliphatic carbocycles. The smallest absolute Gasteiger partial charge is 0.274 e. The van der Waals surface area contributed by atoms with Gasteiger partial charge in [-0.25, -0.2) is 18.2 Å². The first-order valence-corrected chi connectivity index (χ1v) is 10.8. The molecule has 1 unspecified atom stereocenters. The zero-order valence-electron chi connectivity index (χ0n) is 18.2. The normalized spacial score (nSPS) is 16.0. The third-order valence-electron chi connectivity index (χ3n) is 5.37. The van der Waals surface area contributed by atoms with Gasteiger partial charge >= 0.3 is 0 Å². The Morgan fingerprint density at radius 1 is 1.00 bits per heavy atom. The molecule has 4 rings (SSSR count). The molecular weight excluding hydrogens is 469 g/mol. The number of hydrogen-bond acceptors (Lipinski definition) is 5. The summed E-state index contributed by atoms with van der Waals surface area (Å²) in [6.07, 6.45) is 6.80.